The average molecular weight is 1080 g/mol. The number of unbranched alkanes of at least 4 members (excludes halogenated alkanes) is 12. The summed E-state index contributed by atoms with van der Waals surface area (Å²) in [6.45, 7) is 3.89. The second kappa shape index (κ2) is 35.1. The second-order valence-electron chi connectivity index (χ2n) is 22.1. The van der Waals surface area contributed by atoms with Crippen molar-refractivity contribution in [3.63, 3.8) is 0 Å². The highest BCUT2D eigenvalue weighted by Gasteiger charge is 2.46. The lowest BCUT2D eigenvalue weighted by molar-refractivity contribution is -0.140. The summed E-state index contributed by atoms with van der Waals surface area (Å²) in [5.74, 6) is 0.842. The van der Waals surface area contributed by atoms with Gasteiger partial charge in [-0.2, -0.15) is 0 Å². The molecule has 5 N–H and O–H groups in total. The fourth-order valence-corrected chi connectivity index (χ4v) is 12.8. The predicted molar refractivity (Wildman–Crippen MR) is 291 cm³/mol. The minimum absolute atomic E-state index is 0.0777. The number of ether oxygens (including phenoxy) is 7. The van der Waals surface area contributed by atoms with Gasteiger partial charge in [-0.25, -0.2) is 19.2 Å². The molecular formula is C61H94O16. The van der Waals surface area contributed by atoms with Crippen molar-refractivity contribution < 1.29 is 77.9 Å². The van der Waals surface area contributed by atoms with Gasteiger partial charge in [0.1, 0.15) is 36.9 Å². The van der Waals surface area contributed by atoms with E-state index in [1.807, 2.05) is 24.3 Å². The number of carbonyl (C=O) groups excluding carboxylic acids is 2. The molecule has 0 aliphatic heterocycles. The number of fused-ring (bicyclic) bond motifs is 4. The molecule has 0 radical (unpaired) electrons. The number of hydrogen-bond acceptors (Lipinski definition) is 14. The van der Waals surface area contributed by atoms with Gasteiger partial charge in [-0.15, -0.1) is 0 Å². The fourth-order valence-electron chi connectivity index (χ4n) is 12.8. The van der Waals surface area contributed by atoms with Crippen molar-refractivity contribution in [1.82, 2.24) is 0 Å². The molecule has 4 aliphatic rings. The molecule has 6 rings (SSSR count). The van der Waals surface area contributed by atoms with Gasteiger partial charge < -0.3 is 58.7 Å². The molecule has 2 aromatic rings. The van der Waals surface area contributed by atoms with Crippen LogP contribution in [-0.2, 0) is 59.0 Å². The molecule has 0 spiro atoms. The molecule has 0 aromatic heterocycles. The van der Waals surface area contributed by atoms with E-state index in [2.05, 4.69) is 26.0 Å². The summed E-state index contributed by atoms with van der Waals surface area (Å²) < 4.78 is 37.5. The minimum atomic E-state index is -0.999. The van der Waals surface area contributed by atoms with E-state index in [1.54, 1.807) is 7.11 Å². The molecule has 77 heavy (non-hydrogen) atoms. The monoisotopic (exact) mass is 1080 g/mol. The number of aliphatic carboxylic acids is 2. The predicted octanol–water partition coefficient (Wildman–Crippen LogP) is 11.2. The van der Waals surface area contributed by atoms with Gasteiger partial charge in [0.2, 0.25) is 0 Å². The number of methoxy groups -OCH3 is 1. The van der Waals surface area contributed by atoms with Crippen LogP contribution in [0.5, 0.6) is 11.5 Å². The summed E-state index contributed by atoms with van der Waals surface area (Å²) >= 11 is 0. The largest absolute Gasteiger partial charge is 0.508 e. The van der Waals surface area contributed by atoms with Crippen molar-refractivity contribution in [2.75, 3.05) is 46.8 Å². The van der Waals surface area contributed by atoms with Gasteiger partial charge in [0, 0.05) is 7.11 Å². The summed E-state index contributed by atoms with van der Waals surface area (Å²) in [5, 5.41) is 49.0. The van der Waals surface area contributed by atoms with Crippen molar-refractivity contribution in [2.24, 2.45) is 35.5 Å². The first kappa shape index (κ1) is 63.2. The first-order valence-corrected chi connectivity index (χ1v) is 29.4. The Bertz CT molecular complexity index is 2040. The molecule has 16 heteroatoms. The van der Waals surface area contributed by atoms with E-state index >= 15 is 0 Å². The summed E-state index contributed by atoms with van der Waals surface area (Å²) in [6, 6.07) is 11.6. The van der Waals surface area contributed by atoms with Crippen LogP contribution in [-0.4, -0.2) is 121 Å². The minimum Gasteiger partial charge on any atom is -0.482 e. The molecule has 0 amide bonds. The standard InChI is InChI=1S/C31H48O8.C30H46O8/c1-3-4-5-6-7-8-9-12-24(39-31(35)37-17-16-36-2)14-15-25-26-18-22-11-10-13-29(38-21-30(33)34)27(22)19-23(26)20-28(25)32;1-2-3-4-5-6-7-8-11-23(38-30(35)36-16-15-31)13-14-24-25-17-21-10-9-12-28(37-20-29(33)34)26(21)18-22(25)19-27(24)32/h10-11,13,23-26,28,32H,3-9,12,14-21H2,1-2H3,(H,33,34);9-10,12,22-25,27,31-32H,2-8,11,13-20H2,1H3,(H,33,34)/t23-,24-,25+,26-,28+;22-,23-,24+,25-,27+/m00/s1. The van der Waals surface area contributed by atoms with Crippen molar-refractivity contribution in [3.05, 3.63) is 58.7 Å². The highest BCUT2D eigenvalue weighted by atomic mass is 16.7. The van der Waals surface area contributed by atoms with Gasteiger partial charge >= 0.3 is 24.2 Å². The van der Waals surface area contributed by atoms with Gasteiger partial charge in [0.15, 0.2) is 13.2 Å². The summed E-state index contributed by atoms with van der Waals surface area (Å²) in [6.07, 6.45) is 23.1. The van der Waals surface area contributed by atoms with Crippen LogP contribution < -0.4 is 9.47 Å². The highest BCUT2D eigenvalue weighted by Crippen LogP contribution is 2.50. The third-order valence-electron chi connectivity index (χ3n) is 16.6. The number of aliphatic hydroxyl groups is 3. The third-order valence-corrected chi connectivity index (χ3v) is 16.6. The molecule has 2 aromatic carbocycles. The summed E-state index contributed by atoms with van der Waals surface area (Å²) in [5.41, 5.74) is 4.48. The van der Waals surface area contributed by atoms with Crippen LogP contribution in [0, 0.1) is 35.5 Å². The Hall–Kier alpha value is -4.64. The Morgan fingerprint density at radius 3 is 1.36 bits per heavy atom. The van der Waals surface area contributed by atoms with Crippen LogP contribution in [0.3, 0.4) is 0 Å². The SMILES string of the molecule is CCCCCCCCC[C@@H](CC[C@@H]1[C@H]2Cc3cccc(OCC(=O)O)c3C[C@H]2C[C@H]1O)OC(=O)OCCO.CCCCCCCCC[C@@H](CC[C@@H]1[C@H]2Cc3cccc(OCC(=O)O)c3C[C@H]2C[C@H]1O)OC(=O)OCCOC. The lowest BCUT2D eigenvalue weighted by Gasteiger charge is -2.32. The van der Waals surface area contributed by atoms with E-state index in [9.17, 15) is 29.4 Å². The Kier molecular flexibility index (Phi) is 28.8. The quantitative estimate of drug-likeness (QED) is 0.0319. The maximum Gasteiger partial charge on any atom is 0.508 e. The van der Waals surface area contributed by atoms with E-state index in [0.29, 0.717) is 61.0 Å². The zero-order chi connectivity index (χ0) is 55.4. The van der Waals surface area contributed by atoms with Crippen molar-refractivity contribution in [2.45, 2.75) is 205 Å². The van der Waals surface area contributed by atoms with E-state index in [0.717, 1.165) is 100 Å². The van der Waals surface area contributed by atoms with E-state index < -0.39 is 36.5 Å². The number of carboxylic acid groups (broad SMARTS) is 2. The zero-order valence-electron chi connectivity index (χ0n) is 46.6. The number of rotatable bonds is 35. The third kappa shape index (κ3) is 21.5. The van der Waals surface area contributed by atoms with Gasteiger partial charge in [0.25, 0.3) is 0 Å². The molecule has 10 atom stereocenters. The smallest absolute Gasteiger partial charge is 0.482 e. The lowest BCUT2D eigenvalue weighted by atomic mass is 9.73. The number of benzene rings is 2. The molecule has 0 unspecified atom stereocenters. The van der Waals surface area contributed by atoms with Crippen molar-refractivity contribution >= 4 is 24.2 Å². The van der Waals surface area contributed by atoms with E-state index in [4.69, 9.17) is 48.5 Å². The normalized spacial score (nSPS) is 22.7. The molecule has 2 fully saturated rings. The molecule has 16 nitrogen and oxygen atoms in total. The maximum absolute atomic E-state index is 12.3. The molecular weight excluding hydrogens is 989 g/mol. The summed E-state index contributed by atoms with van der Waals surface area (Å²) in [7, 11) is 1.56. The number of aliphatic hydroxyl groups excluding tert-OH is 3. The Labute approximate surface area is 458 Å². The molecule has 0 saturated heterocycles. The average Bonchev–Trinajstić information content (AvgIpc) is 3.92. The first-order valence-electron chi connectivity index (χ1n) is 29.4. The van der Waals surface area contributed by atoms with Crippen LogP contribution in [0.2, 0.25) is 0 Å². The highest BCUT2D eigenvalue weighted by molar-refractivity contribution is 5.69. The van der Waals surface area contributed by atoms with Gasteiger partial charge in [-0.1, -0.05) is 115 Å². The van der Waals surface area contributed by atoms with Crippen LogP contribution >= 0.6 is 0 Å². The molecule has 4 aliphatic carbocycles. The molecule has 0 heterocycles. The van der Waals surface area contributed by atoms with Crippen LogP contribution in [0.1, 0.15) is 177 Å². The van der Waals surface area contributed by atoms with Crippen molar-refractivity contribution in [1.29, 1.82) is 0 Å². The molecule has 0 bridgehead atoms. The fraction of sp³-hybridized carbons (Fsp3) is 0.738. The molecule has 2 saturated carbocycles. The Balaban J connectivity index is 0.000000284. The number of hydrogen-bond donors (Lipinski definition) is 5. The number of carboxylic acids is 2. The number of carbonyl (C=O) groups is 4. The second-order valence-corrected chi connectivity index (χ2v) is 22.1. The van der Waals surface area contributed by atoms with Crippen LogP contribution in [0.25, 0.3) is 0 Å². The topological polar surface area (TPSA) is 234 Å². The Morgan fingerprint density at radius 1 is 0.545 bits per heavy atom. The van der Waals surface area contributed by atoms with Gasteiger partial charge in [-0.05, 0) is 160 Å². The van der Waals surface area contributed by atoms with E-state index in [-0.39, 0.29) is 57.1 Å². The lowest BCUT2D eigenvalue weighted by Crippen LogP contribution is -2.29. The van der Waals surface area contributed by atoms with Crippen LogP contribution in [0.4, 0.5) is 9.59 Å². The van der Waals surface area contributed by atoms with Gasteiger partial charge in [0.05, 0.1) is 25.4 Å². The first-order chi connectivity index (χ1) is 37.3. The van der Waals surface area contributed by atoms with Crippen LogP contribution in [0.15, 0.2) is 36.4 Å². The Morgan fingerprint density at radius 2 is 0.961 bits per heavy atom. The summed E-state index contributed by atoms with van der Waals surface area (Å²) in [4.78, 5) is 46.4. The van der Waals surface area contributed by atoms with Crippen molar-refractivity contribution in [3.8, 4) is 11.5 Å². The van der Waals surface area contributed by atoms with E-state index in [1.165, 1.54) is 69.8 Å². The maximum atomic E-state index is 12.3. The zero-order valence-corrected chi connectivity index (χ0v) is 46.6. The molecule has 434 valence electrons. The van der Waals surface area contributed by atoms with Gasteiger partial charge in [-0.3, -0.25) is 0 Å².